The van der Waals surface area contributed by atoms with E-state index in [9.17, 15) is 0 Å². The second-order valence-corrected chi connectivity index (χ2v) is 6.32. The number of nitrogens with zero attached hydrogens (tertiary/aromatic N) is 1. The molecule has 1 N–H and O–H groups in total. The minimum absolute atomic E-state index is 0.593. The molecule has 0 bridgehead atoms. The number of hydrogen-bond acceptors (Lipinski definition) is 2. The third-order valence-electron chi connectivity index (χ3n) is 3.37. The molecule has 3 nitrogen and oxygen atoms in total. The molecule has 0 unspecified atom stereocenters. The summed E-state index contributed by atoms with van der Waals surface area (Å²) in [5.41, 5.74) is 3.72. The fraction of sp³-hybridized carbons (Fsp3) is 0.133. The number of methoxy groups -OCH3 is 1. The van der Waals surface area contributed by atoms with Gasteiger partial charge in [-0.3, -0.25) is 4.57 Å². The van der Waals surface area contributed by atoms with Gasteiger partial charge in [0.2, 0.25) is 0 Å². The molecule has 3 aromatic rings. The lowest BCUT2D eigenvalue weighted by Crippen LogP contribution is -1.96. The highest BCUT2D eigenvalue weighted by molar-refractivity contribution is 9.10. The molecular formula is C15H12BrClN2OS. The lowest BCUT2D eigenvalue weighted by atomic mass is 10.2. The number of aromatic amines is 1. The summed E-state index contributed by atoms with van der Waals surface area (Å²) in [4.78, 5) is 3.20. The summed E-state index contributed by atoms with van der Waals surface area (Å²) in [6.45, 7) is 1.97. The van der Waals surface area contributed by atoms with Gasteiger partial charge in [-0.1, -0.05) is 17.7 Å². The van der Waals surface area contributed by atoms with Crippen molar-refractivity contribution in [2.45, 2.75) is 6.92 Å². The van der Waals surface area contributed by atoms with Crippen LogP contribution in [0.3, 0.4) is 0 Å². The van der Waals surface area contributed by atoms with Crippen LogP contribution >= 0.6 is 39.7 Å². The van der Waals surface area contributed by atoms with Crippen LogP contribution in [0.4, 0.5) is 0 Å². The molecule has 2 aromatic carbocycles. The summed E-state index contributed by atoms with van der Waals surface area (Å²) in [6.07, 6.45) is 0. The molecule has 1 aromatic heterocycles. The van der Waals surface area contributed by atoms with Crippen molar-refractivity contribution < 1.29 is 4.74 Å². The van der Waals surface area contributed by atoms with E-state index in [0.29, 0.717) is 9.79 Å². The molecule has 6 heteroatoms. The van der Waals surface area contributed by atoms with Crippen LogP contribution in [0.2, 0.25) is 5.02 Å². The molecule has 0 spiro atoms. The van der Waals surface area contributed by atoms with Gasteiger partial charge in [-0.05, 0) is 64.9 Å². The second kappa shape index (κ2) is 5.48. The smallest absolute Gasteiger partial charge is 0.182 e. The predicted octanol–water partition coefficient (Wildman–Crippen LogP) is 5.42. The first-order valence-electron chi connectivity index (χ1n) is 6.26. The molecule has 0 aliphatic carbocycles. The van der Waals surface area contributed by atoms with Crippen molar-refractivity contribution in [2.75, 3.05) is 7.11 Å². The standard InChI is InChI=1S/C15H12BrClN2OS/c1-8-6-9(16)12(7-10(8)17)19-11-4-3-5-13(20-2)14(11)18-15(19)21/h3-7H,1-2H3,(H,18,21). The molecule has 0 saturated carbocycles. The Bertz CT molecular complexity index is 901. The van der Waals surface area contributed by atoms with Crippen LogP contribution in [0.5, 0.6) is 5.75 Å². The van der Waals surface area contributed by atoms with E-state index in [1.165, 1.54) is 0 Å². The van der Waals surface area contributed by atoms with Gasteiger partial charge in [-0.2, -0.15) is 0 Å². The average molecular weight is 384 g/mol. The van der Waals surface area contributed by atoms with Gasteiger partial charge in [0, 0.05) is 9.50 Å². The number of ether oxygens (including phenoxy) is 1. The minimum atomic E-state index is 0.593. The van der Waals surface area contributed by atoms with Crippen LogP contribution in [0.1, 0.15) is 5.56 Å². The van der Waals surface area contributed by atoms with Gasteiger partial charge in [0.25, 0.3) is 0 Å². The zero-order valence-electron chi connectivity index (χ0n) is 11.4. The van der Waals surface area contributed by atoms with Crippen molar-refractivity contribution >= 4 is 50.8 Å². The van der Waals surface area contributed by atoms with Crippen molar-refractivity contribution in [2.24, 2.45) is 0 Å². The summed E-state index contributed by atoms with van der Waals surface area (Å²) in [7, 11) is 1.64. The summed E-state index contributed by atoms with van der Waals surface area (Å²) >= 11 is 15.3. The Kier molecular flexibility index (Phi) is 3.82. The maximum Gasteiger partial charge on any atom is 0.182 e. The third-order valence-corrected chi connectivity index (χ3v) is 4.70. The van der Waals surface area contributed by atoms with Gasteiger partial charge < -0.3 is 9.72 Å². The van der Waals surface area contributed by atoms with Gasteiger partial charge in [-0.15, -0.1) is 0 Å². The quantitative estimate of drug-likeness (QED) is 0.599. The number of halogens is 2. The van der Waals surface area contributed by atoms with E-state index < -0.39 is 0 Å². The number of fused-ring (bicyclic) bond motifs is 1. The largest absolute Gasteiger partial charge is 0.494 e. The second-order valence-electron chi connectivity index (χ2n) is 4.67. The molecule has 108 valence electrons. The third kappa shape index (κ3) is 2.39. The zero-order chi connectivity index (χ0) is 15.1. The van der Waals surface area contributed by atoms with E-state index in [4.69, 9.17) is 28.6 Å². The highest BCUT2D eigenvalue weighted by Gasteiger charge is 2.13. The first kappa shape index (κ1) is 14.6. The van der Waals surface area contributed by atoms with E-state index in [2.05, 4.69) is 20.9 Å². The predicted molar refractivity (Wildman–Crippen MR) is 92.5 cm³/mol. The molecule has 21 heavy (non-hydrogen) atoms. The first-order valence-corrected chi connectivity index (χ1v) is 7.84. The van der Waals surface area contributed by atoms with Gasteiger partial charge >= 0.3 is 0 Å². The van der Waals surface area contributed by atoms with Crippen LogP contribution in [0, 0.1) is 11.7 Å². The molecule has 0 fully saturated rings. The molecule has 0 saturated heterocycles. The number of aromatic nitrogens is 2. The Morgan fingerprint density at radius 3 is 2.81 bits per heavy atom. The maximum atomic E-state index is 6.26. The highest BCUT2D eigenvalue weighted by Crippen LogP contribution is 2.32. The molecule has 0 amide bonds. The normalized spacial score (nSPS) is 11.0. The maximum absolute atomic E-state index is 6.26. The monoisotopic (exact) mass is 382 g/mol. The zero-order valence-corrected chi connectivity index (χ0v) is 14.6. The number of hydrogen-bond donors (Lipinski definition) is 1. The molecule has 1 heterocycles. The topological polar surface area (TPSA) is 29.9 Å². The average Bonchev–Trinajstić information content (AvgIpc) is 2.79. The van der Waals surface area contributed by atoms with E-state index in [1.807, 2.05) is 41.8 Å². The van der Waals surface area contributed by atoms with Gasteiger partial charge in [0.05, 0.1) is 18.3 Å². The molecule has 0 radical (unpaired) electrons. The summed E-state index contributed by atoms with van der Waals surface area (Å²) in [6, 6.07) is 9.71. The van der Waals surface area contributed by atoms with Crippen LogP contribution in [-0.4, -0.2) is 16.7 Å². The van der Waals surface area contributed by atoms with Gasteiger partial charge in [0.15, 0.2) is 4.77 Å². The Morgan fingerprint density at radius 1 is 1.33 bits per heavy atom. The number of H-pyrrole nitrogens is 1. The minimum Gasteiger partial charge on any atom is -0.494 e. The van der Waals surface area contributed by atoms with E-state index in [0.717, 1.165) is 32.5 Å². The Balaban J connectivity index is 2.39. The number of imidazole rings is 1. The Labute approximate surface area is 140 Å². The number of benzene rings is 2. The van der Waals surface area contributed by atoms with Crippen LogP contribution in [-0.2, 0) is 0 Å². The Hall–Kier alpha value is -1.30. The van der Waals surface area contributed by atoms with Crippen LogP contribution < -0.4 is 4.74 Å². The molecule has 3 rings (SSSR count). The number of nitrogens with one attached hydrogen (secondary N) is 1. The molecule has 0 atom stereocenters. The van der Waals surface area contributed by atoms with Crippen LogP contribution in [0.15, 0.2) is 34.8 Å². The van der Waals surface area contributed by atoms with Crippen LogP contribution in [0.25, 0.3) is 16.7 Å². The summed E-state index contributed by atoms with van der Waals surface area (Å²) in [5.74, 6) is 0.756. The highest BCUT2D eigenvalue weighted by atomic mass is 79.9. The molecular weight excluding hydrogens is 372 g/mol. The van der Waals surface area contributed by atoms with Crippen molar-refractivity contribution in [3.05, 3.63) is 50.2 Å². The number of para-hydroxylation sites is 1. The van der Waals surface area contributed by atoms with Crippen molar-refractivity contribution in [1.82, 2.24) is 9.55 Å². The fourth-order valence-corrected chi connectivity index (χ4v) is 3.41. The SMILES string of the molecule is COc1cccc2c1[nH]c(=S)n2-c1cc(Cl)c(C)cc1Br. The van der Waals surface area contributed by atoms with E-state index in [-0.39, 0.29) is 0 Å². The number of rotatable bonds is 2. The van der Waals surface area contributed by atoms with Crippen molar-refractivity contribution in [1.29, 1.82) is 0 Å². The molecule has 0 aliphatic heterocycles. The van der Waals surface area contributed by atoms with Crippen molar-refractivity contribution in [3.63, 3.8) is 0 Å². The van der Waals surface area contributed by atoms with Crippen molar-refractivity contribution in [3.8, 4) is 11.4 Å². The lowest BCUT2D eigenvalue weighted by Gasteiger charge is -2.10. The first-order chi connectivity index (χ1) is 10.0. The van der Waals surface area contributed by atoms with Gasteiger partial charge in [-0.25, -0.2) is 0 Å². The lowest BCUT2D eigenvalue weighted by molar-refractivity contribution is 0.419. The van der Waals surface area contributed by atoms with E-state index >= 15 is 0 Å². The number of aryl methyl sites for hydroxylation is 1. The fourth-order valence-electron chi connectivity index (χ4n) is 2.32. The van der Waals surface area contributed by atoms with E-state index in [1.54, 1.807) is 7.11 Å². The summed E-state index contributed by atoms with van der Waals surface area (Å²) in [5, 5.41) is 0.701. The summed E-state index contributed by atoms with van der Waals surface area (Å²) < 4.78 is 8.85. The van der Waals surface area contributed by atoms with Gasteiger partial charge in [0.1, 0.15) is 11.3 Å². The Morgan fingerprint density at radius 2 is 2.10 bits per heavy atom. The molecule has 0 aliphatic rings.